The lowest BCUT2D eigenvalue weighted by Gasteiger charge is -2.22. The van der Waals surface area contributed by atoms with Gasteiger partial charge in [0.15, 0.2) is 0 Å². The minimum atomic E-state index is -0.234. The van der Waals surface area contributed by atoms with Crippen LogP contribution in [-0.4, -0.2) is 49.2 Å². The van der Waals surface area contributed by atoms with E-state index in [1.165, 1.54) is 19.3 Å². The first-order chi connectivity index (χ1) is 8.28. The summed E-state index contributed by atoms with van der Waals surface area (Å²) in [4.78, 5) is 13.5. The lowest BCUT2D eigenvalue weighted by Crippen LogP contribution is -2.35. The van der Waals surface area contributed by atoms with Crippen molar-refractivity contribution < 1.29 is 9.53 Å². The van der Waals surface area contributed by atoms with Gasteiger partial charge in [-0.2, -0.15) is 0 Å². The Labute approximate surface area is 103 Å². The summed E-state index contributed by atoms with van der Waals surface area (Å²) in [7, 11) is 0. The number of nitrogens with zero attached hydrogens (tertiary/aromatic N) is 1. The predicted molar refractivity (Wildman–Crippen MR) is 66.8 cm³/mol. The predicted octanol–water partition coefficient (Wildman–Crippen LogP) is 0.932. The molecule has 0 aromatic rings. The molecule has 2 aliphatic rings. The van der Waals surface area contributed by atoms with Crippen molar-refractivity contribution in [3.63, 3.8) is 0 Å². The van der Waals surface area contributed by atoms with Crippen molar-refractivity contribution in [2.45, 2.75) is 38.3 Å². The number of esters is 1. The number of nitrogens with one attached hydrogen (secondary N) is 1. The third-order valence-corrected chi connectivity index (χ3v) is 3.51. The summed E-state index contributed by atoms with van der Waals surface area (Å²) in [5.74, 6) is -0.234. The maximum Gasteiger partial charge on any atom is 0.330 e. The number of ether oxygens (including phenoxy) is 1. The highest BCUT2D eigenvalue weighted by atomic mass is 16.5. The fourth-order valence-electron chi connectivity index (χ4n) is 2.67. The zero-order valence-electron chi connectivity index (χ0n) is 10.5. The van der Waals surface area contributed by atoms with Crippen molar-refractivity contribution in [1.82, 2.24) is 10.2 Å². The van der Waals surface area contributed by atoms with Gasteiger partial charge in [-0.15, -0.1) is 0 Å². The van der Waals surface area contributed by atoms with Gasteiger partial charge in [0.25, 0.3) is 0 Å². The number of likely N-dealkylation sites (tertiary alicyclic amines) is 1. The monoisotopic (exact) mass is 238 g/mol. The van der Waals surface area contributed by atoms with Crippen LogP contribution in [0.25, 0.3) is 0 Å². The van der Waals surface area contributed by atoms with Gasteiger partial charge in [-0.3, -0.25) is 4.90 Å². The van der Waals surface area contributed by atoms with Crippen LogP contribution in [0.4, 0.5) is 0 Å². The molecule has 0 radical (unpaired) electrons. The Morgan fingerprint density at radius 3 is 3.06 bits per heavy atom. The van der Waals surface area contributed by atoms with Gasteiger partial charge in [-0.25, -0.2) is 4.79 Å². The zero-order valence-corrected chi connectivity index (χ0v) is 10.5. The molecule has 0 aromatic carbocycles. The summed E-state index contributed by atoms with van der Waals surface area (Å²) in [6.07, 6.45) is 7.31. The van der Waals surface area contributed by atoms with Crippen molar-refractivity contribution in [3.8, 4) is 0 Å². The molecule has 4 nitrogen and oxygen atoms in total. The lowest BCUT2D eigenvalue weighted by atomic mass is 10.1. The molecule has 96 valence electrons. The highest BCUT2D eigenvalue weighted by Crippen LogP contribution is 2.20. The summed E-state index contributed by atoms with van der Waals surface area (Å²) in [6.45, 7) is 5.35. The van der Waals surface area contributed by atoms with Crippen LogP contribution in [-0.2, 0) is 9.53 Å². The van der Waals surface area contributed by atoms with E-state index < -0.39 is 0 Å². The van der Waals surface area contributed by atoms with E-state index in [4.69, 9.17) is 4.74 Å². The van der Waals surface area contributed by atoms with Crippen LogP contribution >= 0.6 is 0 Å². The summed E-state index contributed by atoms with van der Waals surface area (Å²) < 4.78 is 4.85. The van der Waals surface area contributed by atoms with Gasteiger partial charge in [0.05, 0.1) is 6.61 Å². The van der Waals surface area contributed by atoms with E-state index in [0.29, 0.717) is 12.6 Å². The molecule has 0 amide bonds. The Hall–Kier alpha value is -0.870. The van der Waals surface area contributed by atoms with Gasteiger partial charge in [0, 0.05) is 37.8 Å². The highest BCUT2D eigenvalue weighted by molar-refractivity contribution is 5.81. The first-order valence-corrected chi connectivity index (χ1v) is 6.59. The van der Waals surface area contributed by atoms with E-state index in [9.17, 15) is 4.79 Å². The quantitative estimate of drug-likeness (QED) is 0.584. The van der Waals surface area contributed by atoms with E-state index in [1.807, 2.05) is 13.0 Å². The van der Waals surface area contributed by atoms with Gasteiger partial charge in [0.2, 0.25) is 0 Å². The molecule has 2 saturated heterocycles. The second-order valence-corrected chi connectivity index (χ2v) is 4.84. The van der Waals surface area contributed by atoms with Crippen LogP contribution < -0.4 is 5.32 Å². The number of hydrogen-bond acceptors (Lipinski definition) is 4. The molecule has 0 spiro atoms. The average molecular weight is 238 g/mol. The van der Waals surface area contributed by atoms with Crippen LogP contribution in [0, 0.1) is 0 Å². The molecule has 2 aliphatic heterocycles. The van der Waals surface area contributed by atoms with Gasteiger partial charge in [0.1, 0.15) is 0 Å². The highest BCUT2D eigenvalue weighted by Gasteiger charge is 2.28. The van der Waals surface area contributed by atoms with Crippen molar-refractivity contribution in [3.05, 3.63) is 12.2 Å². The largest absolute Gasteiger partial charge is 0.463 e. The SMILES string of the molecule is CCOC(=O)/C=C/CN1CCC2CCC(C1)N2. The molecule has 17 heavy (non-hydrogen) atoms. The fraction of sp³-hybridized carbons (Fsp3) is 0.769. The minimum absolute atomic E-state index is 0.234. The van der Waals surface area contributed by atoms with Crippen LogP contribution in [0.1, 0.15) is 26.2 Å². The number of hydrogen-bond donors (Lipinski definition) is 1. The van der Waals surface area contributed by atoms with Gasteiger partial charge >= 0.3 is 5.97 Å². The van der Waals surface area contributed by atoms with Crippen LogP contribution in [0.15, 0.2) is 12.2 Å². The zero-order chi connectivity index (χ0) is 12.1. The third kappa shape index (κ3) is 3.82. The topological polar surface area (TPSA) is 41.6 Å². The average Bonchev–Trinajstić information content (AvgIpc) is 2.62. The molecule has 4 heteroatoms. The summed E-state index contributed by atoms with van der Waals surface area (Å²) in [5, 5.41) is 3.64. The minimum Gasteiger partial charge on any atom is -0.463 e. The van der Waals surface area contributed by atoms with Crippen molar-refractivity contribution in [2.24, 2.45) is 0 Å². The van der Waals surface area contributed by atoms with Gasteiger partial charge in [-0.05, 0) is 26.2 Å². The second kappa shape index (κ2) is 6.17. The number of carbonyl (C=O) groups excluding carboxylic acids is 1. The molecule has 0 aromatic heterocycles. The first-order valence-electron chi connectivity index (χ1n) is 6.59. The van der Waals surface area contributed by atoms with Crippen molar-refractivity contribution >= 4 is 5.97 Å². The maximum absolute atomic E-state index is 11.1. The Balaban J connectivity index is 1.74. The van der Waals surface area contributed by atoms with E-state index in [0.717, 1.165) is 25.7 Å². The molecule has 2 rings (SSSR count). The Morgan fingerprint density at radius 1 is 1.41 bits per heavy atom. The van der Waals surface area contributed by atoms with E-state index in [2.05, 4.69) is 10.2 Å². The summed E-state index contributed by atoms with van der Waals surface area (Å²) in [5.41, 5.74) is 0. The number of rotatable bonds is 4. The maximum atomic E-state index is 11.1. The molecule has 2 heterocycles. The standard InChI is InChI=1S/C13H22N2O2/c1-2-17-13(16)4-3-8-15-9-7-11-5-6-12(10-15)14-11/h3-4,11-12,14H,2,5-10H2,1H3/b4-3+. The third-order valence-electron chi connectivity index (χ3n) is 3.51. The van der Waals surface area contributed by atoms with E-state index >= 15 is 0 Å². The molecule has 2 bridgehead atoms. The number of fused-ring (bicyclic) bond motifs is 2. The van der Waals surface area contributed by atoms with Gasteiger partial charge in [-0.1, -0.05) is 6.08 Å². The number of carbonyl (C=O) groups is 1. The molecular weight excluding hydrogens is 216 g/mol. The molecule has 2 fully saturated rings. The Kier molecular flexibility index (Phi) is 4.57. The molecule has 1 N–H and O–H groups in total. The normalized spacial score (nSPS) is 29.5. The van der Waals surface area contributed by atoms with Crippen molar-refractivity contribution in [2.75, 3.05) is 26.2 Å². The van der Waals surface area contributed by atoms with Crippen LogP contribution in [0.2, 0.25) is 0 Å². The van der Waals surface area contributed by atoms with Crippen LogP contribution in [0.5, 0.6) is 0 Å². The molecule has 2 atom stereocenters. The summed E-state index contributed by atoms with van der Waals surface area (Å²) in [6, 6.07) is 1.37. The molecular formula is C13H22N2O2. The molecule has 2 unspecified atom stereocenters. The van der Waals surface area contributed by atoms with E-state index in [1.54, 1.807) is 6.08 Å². The van der Waals surface area contributed by atoms with Gasteiger partial charge < -0.3 is 10.1 Å². The second-order valence-electron chi connectivity index (χ2n) is 4.84. The smallest absolute Gasteiger partial charge is 0.330 e. The summed E-state index contributed by atoms with van der Waals surface area (Å²) >= 11 is 0. The van der Waals surface area contributed by atoms with Crippen molar-refractivity contribution in [1.29, 1.82) is 0 Å². The Bertz CT molecular complexity index is 291. The Morgan fingerprint density at radius 2 is 2.24 bits per heavy atom. The molecule has 0 aliphatic carbocycles. The fourth-order valence-corrected chi connectivity index (χ4v) is 2.67. The van der Waals surface area contributed by atoms with Crippen LogP contribution in [0.3, 0.4) is 0 Å². The lowest BCUT2D eigenvalue weighted by molar-refractivity contribution is -0.137. The first kappa shape index (κ1) is 12.6. The molecule has 0 saturated carbocycles. The van der Waals surface area contributed by atoms with E-state index in [-0.39, 0.29) is 5.97 Å².